The van der Waals surface area contributed by atoms with Gasteiger partial charge in [0.25, 0.3) is 0 Å². The van der Waals surface area contributed by atoms with Gasteiger partial charge in [0.15, 0.2) is 0 Å². The fourth-order valence-electron chi connectivity index (χ4n) is 2.91. The standard InChI is InChI=1S/C15H16INO4/c16-11-6-10(15(17)7-12(11)21-14(15)19)13(18)20-8-9-4-2-1-3-5-9/h1-5,10-12H,6-8,17H2/t10-,11+,12+,15-/m0/s1. The highest BCUT2D eigenvalue weighted by molar-refractivity contribution is 14.1. The second-order valence-electron chi connectivity index (χ2n) is 5.59. The van der Waals surface area contributed by atoms with Gasteiger partial charge in [-0.15, -0.1) is 0 Å². The first-order chi connectivity index (χ1) is 10.0. The van der Waals surface area contributed by atoms with Gasteiger partial charge in [-0.05, 0) is 12.0 Å². The van der Waals surface area contributed by atoms with Gasteiger partial charge in [0.2, 0.25) is 0 Å². The molecule has 1 heterocycles. The smallest absolute Gasteiger partial charge is 0.327 e. The summed E-state index contributed by atoms with van der Waals surface area (Å²) in [7, 11) is 0. The Bertz CT molecular complexity index is 564. The Balaban J connectivity index is 1.70. The number of ether oxygens (including phenoxy) is 2. The van der Waals surface area contributed by atoms with Gasteiger partial charge < -0.3 is 15.2 Å². The SMILES string of the molecule is N[C@]12C[C@@H](OC1=O)[C@H](I)C[C@H]2C(=O)OCc1ccccc1. The van der Waals surface area contributed by atoms with E-state index in [0.717, 1.165) is 5.56 Å². The van der Waals surface area contributed by atoms with Crippen molar-refractivity contribution >= 4 is 34.5 Å². The number of benzene rings is 1. The van der Waals surface area contributed by atoms with Crippen molar-refractivity contribution < 1.29 is 19.1 Å². The molecule has 1 aliphatic carbocycles. The number of carbonyl (C=O) groups is 2. The maximum absolute atomic E-state index is 12.3. The second-order valence-corrected chi connectivity index (χ2v) is 7.19. The molecule has 1 aromatic rings. The van der Waals surface area contributed by atoms with Crippen LogP contribution in [0.5, 0.6) is 0 Å². The number of alkyl halides is 1. The van der Waals surface area contributed by atoms with Crippen LogP contribution in [0.3, 0.4) is 0 Å². The van der Waals surface area contributed by atoms with Crippen molar-refractivity contribution in [3.63, 3.8) is 0 Å². The van der Waals surface area contributed by atoms with E-state index in [9.17, 15) is 9.59 Å². The van der Waals surface area contributed by atoms with Gasteiger partial charge in [0, 0.05) is 10.3 Å². The Morgan fingerprint density at radius 3 is 2.86 bits per heavy atom. The van der Waals surface area contributed by atoms with Gasteiger partial charge in [0.05, 0.1) is 5.92 Å². The van der Waals surface area contributed by atoms with Crippen molar-refractivity contribution in [1.82, 2.24) is 0 Å². The molecule has 3 rings (SSSR count). The Kier molecular flexibility index (Phi) is 3.92. The minimum absolute atomic E-state index is 0.0972. The molecular weight excluding hydrogens is 385 g/mol. The zero-order valence-electron chi connectivity index (χ0n) is 11.3. The Hall–Kier alpha value is -1.15. The van der Waals surface area contributed by atoms with Crippen LogP contribution in [-0.4, -0.2) is 27.5 Å². The number of fused-ring (bicyclic) bond motifs is 2. The maximum atomic E-state index is 12.3. The molecule has 1 saturated carbocycles. The molecule has 2 aliphatic rings. The van der Waals surface area contributed by atoms with Crippen LogP contribution in [0, 0.1) is 5.92 Å². The molecular formula is C15H16INO4. The first kappa shape index (κ1) is 14.8. The molecule has 1 aromatic carbocycles. The number of halogens is 1. The molecule has 0 amide bonds. The minimum Gasteiger partial charge on any atom is -0.461 e. The molecule has 0 aromatic heterocycles. The van der Waals surface area contributed by atoms with Gasteiger partial charge in [-0.2, -0.15) is 0 Å². The molecule has 21 heavy (non-hydrogen) atoms. The van der Waals surface area contributed by atoms with Gasteiger partial charge in [0.1, 0.15) is 18.2 Å². The van der Waals surface area contributed by atoms with E-state index in [1.54, 1.807) is 0 Å². The van der Waals surface area contributed by atoms with Crippen molar-refractivity contribution in [3.8, 4) is 0 Å². The molecule has 2 bridgehead atoms. The summed E-state index contributed by atoms with van der Waals surface area (Å²) >= 11 is 2.21. The first-order valence-corrected chi connectivity index (χ1v) is 8.10. The predicted molar refractivity (Wildman–Crippen MR) is 83.6 cm³/mol. The van der Waals surface area contributed by atoms with E-state index < -0.39 is 23.4 Å². The highest BCUT2D eigenvalue weighted by Crippen LogP contribution is 2.43. The van der Waals surface area contributed by atoms with Crippen molar-refractivity contribution in [3.05, 3.63) is 35.9 Å². The van der Waals surface area contributed by atoms with Crippen LogP contribution in [0.1, 0.15) is 18.4 Å². The summed E-state index contributed by atoms with van der Waals surface area (Å²) in [5, 5.41) is 0. The number of carbonyl (C=O) groups excluding carboxylic acids is 2. The lowest BCUT2D eigenvalue weighted by molar-refractivity contribution is -0.157. The van der Waals surface area contributed by atoms with Crippen LogP contribution in [0.15, 0.2) is 30.3 Å². The Morgan fingerprint density at radius 2 is 2.14 bits per heavy atom. The first-order valence-electron chi connectivity index (χ1n) is 6.85. The summed E-state index contributed by atoms with van der Waals surface area (Å²) in [6.45, 7) is 0.191. The number of esters is 2. The van der Waals surface area contributed by atoms with Crippen molar-refractivity contribution in [2.24, 2.45) is 11.7 Å². The van der Waals surface area contributed by atoms with Gasteiger partial charge >= 0.3 is 11.9 Å². The van der Waals surface area contributed by atoms with E-state index in [-0.39, 0.29) is 16.6 Å². The number of nitrogens with two attached hydrogens (primary N) is 1. The fourth-order valence-corrected chi connectivity index (χ4v) is 3.82. The summed E-state index contributed by atoms with van der Waals surface area (Å²) in [6.07, 6.45) is 0.729. The average molecular weight is 401 g/mol. The highest BCUT2D eigenvalue weighted by atomic mass is 127. The topological polar surface area (TPSA) is 78.6 Å². The van der Waals surface area contributed by atoms with E-state index in [0.29, 0.717) is 12.8 Å². The summed E-state index contributed by atoms with van der Waals surface area (Å²) in [5.41, 5.74) is 5.83. The van der Waals surface area contributed by atoms with Crippen molar-refractivity contribution in [2.75, 3.05) is 0 Å². The van der Waals surface area contributed by atoms with Crippen LogP contribution in [0.25, 0.3) is 0 Å². The molecule has 4 atom stereocenters. The monoisotopic (exact) mass is 401 g/mol. The van der Waals surface area contributed by atoms with E-state index in [1.807, 2.05) is 30.3 Å². The summed E-state index contributed by atoms with van der Waals surface area (Å²) < 4.78 is 10.7. The molecule has 2 N–H and O–H groups in total. The quantitative estimate of drug-likeness (QED) is 0.473. The van der Waals surface area contributed by atoms with E-state index in [1.165, 1.54) is 0 Å². The molecule has 0 radical (unpaired) electrons. The molecule has 2 fully saturated rings. The van der Waals surface area contributed by atoms with E-state index in [4.69, 9.17) is 15.2 Å². The number of rotatable bonds is 3. The van der Waals surface area contributed by atoms with E-state index >= 15 is 0 Å². The fraction of sp³-hybridized carbons (Fsp3) is 0.467. The molecule has 1 saturated heterocycles. The maximum Gasteiger partial charge on any atom is 0.327 e. The van der Waals surface area contributed by atoms with Crippen molar-refractivity contribution in [1.29, 1.82) is 0 Å². The molecule has 1 aliphatic heterocycles. The molecule has 0 unspecified atom stereocenters. The molecule has 6 heteroatoms. The summed E-state index contributed by atoms with van der Waals surface area (Å²) in [5.74, 6) is -1.52. The molecule has 0 spiro atoms. The lowest BCUT2D eigenvalue weighted by Gasteiger charge is -2.33. The molecule has 5 nitrogen and oxygen atoms in total. The van der Waals surface area contributed by atoms with Crippen LogP contribution in [-0.2, 0) is 25.7 Å². The van der Waals surface area contributed by atoms with Crippen molar-refractivity contribution in [2.45, 2.75) is 35.0 Å². The summed E-state index contributed by atoms with van der Waals surface area (Å²) in [6, 6.07) is 9.43. The third-order valence-electron chi connectivity index (χ3n) is 4.17. The Labute approximate surface area is 136 Å². The van der Waals surface area contributed by atoms with Gasteiger partial charge in [-0.1, -0.05) is 52.9 Å². The number of hydrogen-bond acceptors (Lipinski definition) is 5. The highest BCUT2D eigenvalue weighted by Gasteiger charge is 2.60. The lowest BCUT2D eigenvalue weighted by atomic mass is 9.74. The van der Waals surface area contributed by atoms with Crippen LogP contribution in [0.2, 0.25) is 0 Å². The largest absolute Gasteiger partial charge is 0.461 e. The third kappa shape index (κ3) is 2.66. The van der Waals surface area contributed by atoms with Crippen LogP contribution >= 0.6 is 22.6 Å². The zero-order chi connectivity index (χ0) is 15.0. The van der Waals surface area contributed by atoms with Crippen LogP contribution in [0.4, 0.5) is 0 Å². The minimum atomic E-state index is -1.22. The van der Waals surface area contributed by atoms with E-state index in [2.05, 4.69) is 22.6 Å². The normalized spacial score (nSPS) is 34.4. The summed E-state index contributed by atoms with van der Waals surface area (Å²) in [4.78, 5) is 24.3. The second kappa shape index (κ2) is 5.57. The lowest BCUT2D eigenvalue weighted by Crippen LogP contribution is -2.57. The van der Waals surface area contributed by atoms with Crippen LogP contribution < -0.4 is 5.73 Å². The number of hydrogen-bond donors (Lipinski definition) is 1. The van der Waals surface area contributed by atoms with Gasteiger partial charge in [-0.3, -0.25) is 9.59 Å². The average Bonchev–Trinajstić information content (AvgIpc) is 2.75. The van der Waals surface area contributed by atoms with Gasteiger partial charge in [-0.25, -0.2) is 0 Å². The zero-order valence-corrected chi connectivity index (χ0v) is 13.5. The molecule has 112 valence electrons. The predicted octanol–water partition coefficient (Wildman–Crippen LogP) is 1.57. The Morgan fingerprint density at radius 1 is 1.43 bits per heavy atom. The third-order valence-corrected chi connectivity index (χ3v) is 5.48.